The van der Waals surface area contributed by atoms with E-state index in [1.165, 1.54) is 36.8 Å². The quantitative estimate of drug-likeness (QED) is 0.235. The van der Waals surface area contributed by atoms with Gasteiger partial charge in [-0.15, -0.1) is 0 Å². The van der Waals surface area contributed by atoms with Crippen LogP contribution >= 0.6 is 0 Å². The minimum Gasteiger partial charge on any atom is -0.478 e. The number of hydrogen-bond acceptors (Lipinski definition) is 4. The number of aliphatic carboxylic acids is 1. The van der Waals surface area contributed by atoms with Gasteiger partial charge in [-0.2, -0.15) is 0 Å². The molecule has 0 bridgehead atoms. The predicted molar refractivity (Wildman–Crippen MR) is 143 cm³/mol. The minimum atomic E-state index is -2.54. The SMILES string of the molecule is CCO[Si](CCC1CCC(c2ccc(-c3ccc(/C=C/C(=O)O)cc3)cc2)CC1)(OCC)OCC. The van der Waals surface area contributed by atoms with E-state index in [1.54, 1.807) is 6.08 Å². The Balaban J connectivity index is 1.53. The lowest BCUT2D eigenvalue weighted by molar-refractivity contribution is -0.131. The fourth-order valence-electron chi connectivity index (χ4n) is 5.07. The molecule has 2 aromatic carbocycles. The van der Waals surface area contributed by atoms with E-state index in [2.05, 4.69) is 24.3 Å². The predicted octanol–water partition coefficient (Wildman–Crippen LogP) is 7.16. The molecule has 1 aliphatic rings. The Morgan fingerprint density at radius 2 is 1.37 bits per heavy atom. The minimum absolute atomic E-state index is 0.622. The van der Waals surface area contributed by atoms with Gasteiger partial charge >= 0.3 is 14.8 Å². The van der Waals surface area contributed by atoms with Crippen molar-refractivity contribution in [3.05, 3.63) is 65.7 Å². The van der Waals surface area contributed by atoms with Crippen molar-refractivity contribution in [3.8, 4) is 11.1 Å². The molecule has 0 aromatic heterocycles. The van der Waals surface area contributed by atoms with Gasteiger partial charge in [0.25, 0.3) is 0 Å². The van der Waals surface area contributed by atoms with Crippen molar-refractivity contribution in [1.82, 2.24) is 0 Å². The van der Waals surface area contributed by atoms with Crippen LogP contribution in [0.3, 0.4) is 0 Å². The molecule has 1 fully saturated rings. The summed E-state index contributed by atoms with van der Waals surface area (Å²) in [4.78, 5) is 10.7. The molecule has 0 atom stereocenters. The third-order valence-electron chi connectivity index (χ3n) is 6.84. The van der Waals surface area contributed by atoms with E-state index in [4.69, 9.17) is 18.4 Å². The summed E-state index contributed by atoms with van der Waals surface area (Å²) in [7, 11) is -2.54. The number of benzene rings is 2. The van der Waals surface area contributed by atoms with E-state index in [0.29, 0.717) is 31.7 Å². The van der Waals surface area contributed by atoms with Gasteiger partial charge in [0.05, 0.1) is 0 Å². The second-order valence-corrected chi connectivity index (χ2v) is 11.9. The number of carboxylic acid groups (broad SMARTS) is 1. The van der Waals surface area contributed by atoms with Gasteiger partial charge < -0.3 is 18.4 Å². The zero-order valence-electron chi connectivity index (χ0n) is 21.4. The molecule has 0 aliphatic heterocycles. The fourth-order valence-corrected chi connectivity index (χ4v) is 7.83. The summed E-state index contributed by atoms with van der Waals surface area (Å²) >= 11 is 0. The molecule has 0 heterocycles. The number of carbonyl (C=O) groups is 1. The Bertz CT molecular complexity index is 914. The third kappa shape index (κ3) is 8.14. The molecular formula is C29H40O5Si. The summed E-state index contributed by atoms with van der Waals surface area (Å²) in [5, 5.41) is 8.77. The van der Waals surface area contributed by atoms with Crippen LogP contribution in [0.4, 0.5) is 0 Å². The number of carboxylic acids is 1. The molecule has 0 saturated heterocycles. The van der Waals surface area contributed by atoms with Crippen LogP contribution in [-0.4, -0.2) is 39.7 Å². The maximum Gasteiger partial charge on any atom is 0.500 e. The summed E-state index contributed by atoms with van der Waals surface area (Å²) in [5.74, 6) is 0.402. The van der Waals surface area contributed by atoms with Crippen LogP contribution in [0.1, 0.15) is 69.9 Å². The largest absolute Gasteiger partial charge is 0.500 e. The van der Waals surface area contributed by atoms with E-state index in [-0.39, 0.29) is 0 Å². The zero-order chi connectivity index (χ0) is 25.1. The monoisotopic (exact) mass is 496 g/mol. The van der Waals surface area contributed by atoms with Gasteiger partial charge in [0, 0.05) is 31.9 Å². The van der Waals surface area contributed by atoms with Crippen molar-refractivity contribution in [3.63, 3.8) is 0 Å². The molecule has 1 N–H and O–H groups in total. The molecule has 35 heavy (non-hydrogen) atoms. The molecule has 0 radical (unpaired) electrons. The first-order valence-electron chi connectivity index (χ1n) is 13.0. The van der Waals surface area contributed by atoms with Crippen LogP contribution < -0.4 is 0 Å². The van der Waals surface area contributed by atoms with Gasteiger partial charge in [0.15, 0.2) is 0 Å². The van der Waals surface area contributed by atoms with Crippen LogP contribution in [0, 0.1) is 5.92 Å². The Hall–Kier alpha value is -2.25. The van der Waals surface area contributed by atoms with Gasteiger partial charge in [0.2, 0.25) is 0 Å². The lowest BCUT2D eigenvalue weighted by atomic mass is 9.77. The van der Waals surface area contributed by atoms with Crippen LogP contribution in [0.2, 0.25) is 6.04 Å². The van der Waals surface area contributed by atoms with E-state index in [0.717, 1.165) is 29.7 Å². The average Bonchev–Trinajstić information content (AvgIpc) is 2.87. The van der Waals surface area contributed by atoms with E-state index >= 15 is 0 Å². The Kier molecular flexibility index (Phi) is 10.7. The molecule has 190 valence electrons. The standard InChI is InChI=1S/C29H40O5Si/c1-4-32-35(33-5-2,34-6-3)22-21-24-9-14-26(15-10-24)28-18-16-27(17-19-28)25-12-7-23(8-13-25)11-20-29(30)31/h7-8,11-13,16-20,24,26H,4-6,9-10,14-15,21-22H2,1-3H3,(H,30,31)/b20-11+. The zero-order valence-corrected chi connectivity index (χ0v) is 22.4. The van der Waals surface area contributed by atoms with Gasteiger partial charge in [-0.3, -0.25) is 0 Å². The highest BCUT2D eigenvalue weighted by Crippen LogP contribution is 2.39. The molecule has 1 aliphatic carbocycles. The molecule has 5 nitrogen and oxygen atoms in total. The van der Waals surface area contributed by atoms with Crippen molar-refractivity contribution < 1.29 is 23.2 Å². The Morgan fingerprint density at radius 3 is 1.86 bits per heavy atom. The van der Waals surface area contributed by atoms with Crippen LogP contribution in [-0.2, 0) is 18.1 Å². The highest BCUT2D eigenvalue weighted by molar-refractivity contribution is 6.60. The van der Waals surface area contributed by atoms with Crippen molar-refractivity contribution in [2.45, 2.75) is 64.8 Å². The highest BCUT2D eigenvalue weighted by Gasteiger charge is 2.40. The van der Waals surface area contributed by atoms with Gasteiger partial charge in [-0.05, 0) is 93.0 Å². The molecule has 6 heteroatoms. The van der Waals surface area contributed by atoms with E-state index in [1.807, 2.05) is 45.0 Å². The van der Waals surface area contributed by atoms with Crippen LogP contribution in [0.15, 0.2) is 54.6 Å². The second kappa shape index (κ2) is 13.7. The molecule has 2 aromatic rings. The van der Waals surface area contributed by atoms with Crippen molar-refractivity contribution in [1.29, 1.82) is 0 Å². The van der Waals surface area contributed by atoms with Crippen molar-refractivity contribution >= 4 is 20.8 Å². The summed E-state index contributed by atoms with van der Waals surface area (Å²) in [5.41, 5.74) is 4.63. The lowest BCUT2D eigenvalue weighted by Gasteiger charge is -2.32. The molecule has 0 unspecified atom stereocenters. The van der Waals surface area contributed by atoms with Gasteiger partial charge in [0.1, 0.15) is 0 Å². The first-order chi connectivity index (χ1) is 17.0. The van der Waals surface area contributed by atoms with Crippen molar-refractivity contribution in [2.75, 3.05) is 19.8 Å². The van der Waals surface area contributed by atoms with Crippen LogP contribution in [0.5, 0.6) is 0 Å². The van der Waals surface area contributed by atoms with E-state index in [9.17, 15) is 4.79 Å². The molecule has 0 spiro atoms. The van der Waals surface area contributed by atoms with Crippen LogP contribution in [0.25, 0.3) is 17.2 Å². The summed E-state index contributed by atoms with van der Waals surface area (Å²) in [6.07, 6.45) is 8.82. The topological polar surface area (TPSA) is 65.0 Å². The fraction of sp³-hybridized carbons (Fsp3) is 0.483. The van der Waals surface area contributed by atoms with E-state index < -0.39 is 14.8 Å². The average molecular weight is 497 g/mol. The normalized spacial score (nSPS) is 18.7. The van der Waals surface area contributed by atoms with Gasteiger partial charge in [-0.1, -0.05) is 48.5 Å². The molecule has 0 amide bonds. The first-order valence-corrected chi connectivity index (χ1v) is 14.9. The second-order valence-electron chi connectivity index (χ2n) is 9.15. The smallest absolute Gasteiger partial charge is 0.478 e. The first kappa shape index (κ1) is 27.3. The lowest BCUT2D eigenvalue weighted by Crippen LogP contribution is -2.46. The Morgan fingerprint density at radius 1 is 0.857 bits per heavy atom. The van der Waals surface area contributed by atoms with Gasteiger partial charge in [-0.25, -0.2) is 4.79 Å². The maximum atomic E-state index is 10.7. The highest BCUT2D eigenvalue weighted by atomic mass is 28.4. The molecule has 1 saturated carbocycles. The number of hydrogen-bond donors (Lipinski definition) is 1. The number of rotatable bonds is 13. The summed E-state index contributed by atoms with van der Waals surface area (Å²) in [6, 6.07) is 17.8. The summed E-state index contributed by atoms with van der Waals surface area (Å²) in [6.45, 7) is 7.98. The third-order valence-corrected chi connectivity index (χ3v) is 9.93. The summed E-state index contributed by atoms with van der Waals surface area (Å²) < 4.78 is 18.1. The Labute approximate surface area is 211 Å². The molecule has 3 rings (SSSR count). The van der Waals surface area contributed by atoms with Crippen molar-refractivity contribution in [2.24, 2.45) is 5.92 Å². The molecular weight excluding hydrogens is 456 g/mol. The maximum absolute atomic E-state index is 10.7.